The molecule has 0 bridgehead atoms. The maximum atomic E-state index is 13.6. The Morgan fingerprint density at radius 3 is 2.46 bits per heavy atom. The number of amides is 2. The molecular formula is C24H21Cl2N7O2. The van der Waals surface area contributed by atoms with Gasteiger partial charge in [0.1, 0.15) is 28.1 Å². The largest absolute Gasteiger partial charge is 0.383 e. The molecule has 4 aromatic rings. The van der Waals surface area contributed by atoms with Crippen LogP contribution in [0.25, 0.3) is 11.0 Å². The van der Waals surface area contributed by atoms with Crippen molar-refractivity contribution in [1.29, 1.82) is 0 Å². The quantitative estimate of drug-likeness (QED) is 0.233. The van der Waals surface area contributed by atoms with E-state index in [-0.39, 0.29) is 27.9 Å². The zero-order chi connectivity index (χ0) is 24.5. The van der Waals surface area contributed by atoms with E-state index in [4.69, 9.17) is 28.9 Å². The van der Waals surface area contributed by atoms with E-state index < -0.39 is 6.03 Å². The maximum Gasteiger partial charge on any atom is 0.323 e. The van der Waals surface area contributed by atoms with Crippen molar-refractivity contribution in [3.8, 4) is 0 Å². The van der Waals surface area contributed by atoms with Gasteiger partial charge in [-0.3, -0.25) is 4.79 Å². The summed E-state index contributed by atoms with van der Waals surface area (Å²) in [4.78, 5) is 38.4. The Morgan fingerprint density at radius 1 is 1.00 bits per heavy atom. The van der Waals surface area contributed by atoms with Gasteiger partial charge in [0.25, 0.3) is 0 Å². The highest BCUT2D eigenvalue weighted by Gasteiger charge is 2.25. The lowest BCUT2D eigenvalue weighted by molar-refractivity contribution is 0.104. The van der Waals surface area contributed by atoms with E-state index in [0.29, 0.717) is 33.5 Å². The second-order valence-corrected chi connectivity index (χ2v) is 9.11. The van der Waals surface area contributed by atoms with Gasteiger partial charge in [0.2, 0.25) is 0 Å². The van der Waals surface area contributed by atoms with Crippen molar-refractivity contribution in [3.63, 3.8) is 0 Å². The second-order valence-electron chi connectivity index (χ2n) is 8.34. The number of benzene rings is 1. The molecule has 0 atom stereocenters. The average Bonchev–Trinajstić information content (AvgIpc) is 3.46. The molecule has 1 fully saturated rings. The molecule has 0 aliphatic heterocycles. The Bertz CT molecular complexity index is 1430. The highest BCUT2D eigenvalue weighted by molar-refractivity contribution is 6.33. The fourth-order valence-electron chi connectivity index (χ4n) is 4.47. The number of hydrogen-bond acceptors (Lipinski definition) is 6. The number of pyridine rings is 1. The van der Waals surface area contributed by atoms with E-state index in [1.54, 1.807) is 24.3 Å². The molecule has 2 amide bonds. The molecule has 1 aliphatic rings. The number of nitrogens with two attached hydrogens (primary N) is 1. The zero-order valence-corrected chi connectivity index (χ0v) is 20.0. The van der Waals surface area contributed by atoms with E-state index in [0.717, 1.165) is 25.7 Å². The van der Waals surface area contributed by atoms with Crippen LogP contribution in [0, 0.1) is 0 Å². The standard InChI is InChI=1S/C24H21Cl2N7O2/c25-18-9-15(10-19(26)32-18)31-24(35)30-14-5-3-4-13(8-14)21(34)17-11-33(16-6-1-2-7-16)23-20(17)22(27)28-12-29-23/h3-5,8-12,16H,1-2,6-7H2,(H2,27,28,29)(H2,30,31,32,35). The van der Waals surface area contributed by atoms with Crippen LogP contribution >= 0.6 is 23.2 Å². The lowest BCUT2D eigenvalue weighted by Gasteiger charge is -2.12. The summed E-state index contributed by atoms with van der Waals surface area (Å²) in [6.45, 7) is 0. The average molecular weight is 510 g/mol. The summed E-state index contributed by atoms with van der Waals surface area (Å²) < 4.78 is 2.05. The second kappa shape index (κ2) is 9.52. The highest BCUT2D eigenvalue weighted by atomic mass is 35.5. The minimum absolute atomic E-state index is 0.153. The smallest absolute Gasteiger partial charge is 0.323 e. The monoisotopic (exact) mass is 509 g/mol. The molecule has 0 unspecified atom stereocenters. The number of nitrogens with zero attached hydrogens (tertiary/aromatic N) is 4. The number of rotatable bonds is 5. The summed E-state index contributed by atoms with van der Waals surface area (Å²) in [5, 5.41) is 6.20. The first-order chi connectivity index (χ1) is 16.9. The fraction of sp³-hybridized carbons (Fsp3) is 0.208. The highest BCUT2D eigenvalue weighted by Crippen LogP contribution is 2.35. The predicted octanol–water partition coefficient (Wildman–Crippen LogP) is 5.71. The first-order valence-electron chi connectivity index (χ1n) is 11.1. The molecule has 11 heteroatoms. The molecule has 1 aromatic carbocycles. The zero-order valence-electron chi connectivity index (χ0n) is 18.5. The number of hydrogen-bond donors (Lipinski definition) is 3. The summed E-state index contributed by atoms with van der Waals surface area (Å²) in [5.74, 6) is 0.0310. The molecule has 9 nitrogen and oxygen atoms in total. The van der Waals surface area contributed by atoms with Crippen LogP contribution in [0.2, 0.25) is 10.3 Å². The topological polar surface area (TPSA) is 128 Å². The Morgan fingerprint density at radius 2 is 1.71 bits per heavy atom. The fourth-order valence-corrected chi connectivity index (χ4v) is 4.93. The number of nitrogens with one attached hydrogen (secondary N) is 2. The van der Waals surface area contributed by atoms with Gasteiger partial charge in [-0.05, 0) is 37.1 Å². The van der Waals surface area contributed by atoms with Crippen LogP contribution in [-0.4, -0.2) is 31.3 Å². The third-order valence-electron chi connectivity index (χ3n) is 6.00. The van der Waals surface area contributed by atoms with Gasteiger partial charge in [-0.2, -0.15) is 0 Å². The molecule has 4 N–H and O–H groups in total. The number of urea groups is 1. The van der Waals surface area contributed by atoms with Crippen molar-refractivity contribution in [2.24, 2.45) is 0 Å². The van der Waals surface area contributed by atoms with Gasteiger partial charge < -0.3 is 20.9 Å². The number of ketones is 1. The normalized spacial score (nSPS) is 13.8. The number of nitrogen functional groups attached to an aromatic ring is 1. The van der Waals surface area contributed by atoms with Crippen LogP contribution in [0.3, 0.4) is 0 Å². The number of fused-ring (bicyclic) bond motifs is 1. The van der Waals surface area contributed by atoms with Gasteiger partial charge in [-0.15, -0.1) is 0 Å². The Labute approximate surface area is 210 Å². The van der Waals surface area contributed by atoms with E-state index in [1.165, 1.54) is 18.5 Å². The van der Waals surface area contributed by atoms with Gasteiger partial charge in [0.15, 0.2) is 5.78 Å². The number of aromatic nitrogens is 4. The Kier molecular flexibility index (Phi) is 6.27. The third kappa shape index (κ3) is 4.78. The lowest BCUT2D eigenvalue weighted by Crippen LogP contribution is -2.19. The third-order valence-corrected chi connectivity index (χ3v) is 6.39. The molecule has 3 heterocycles. The molecule has 0 radical (unpaired) electrons. The summed E-state index contributed by atoms with van der Waals surface area (Å²) in [7, 11) is 0. The lowest BCUT2D eigenvalue weighted by atomic mass is 10.0. The van der Waals surface area contributed by atoms with Crippen LogP contribution in [0.5, 0.6) is 0 Å². The SMILES string of the molecule is Nc1ncnc2c1c(C(=O)c1cccc(NC(=O)Nc3cc(Cl)nc(Cl)c3)c1)cn2C1CCCC1. The molecular weight excluding hydrogens is 489 g/mol. The molecule has 0 saturated heterocycles. The molecule has 35 heavy (non-hydrogen) atoms. The van der Waals surface area contributed by atoms with Crippen molar-refractivity contribution in [3.05, 3.63) is 70.4 Å². The van der Waals surface area contributed by atoms with Gasteiger partial charge in [0, 0.05) is 29.2 Å². The minimum atomic E-state index is -0.525. The molecule has 0 spiro atoms. The first kappa shape index (κ1) is 23.1. The summed E-state index contributed by atoms with van der Waals surface area (Å²) >= 11 is 11.8. The van der Waals surface area contributed by atoms with E-state index in [2.05, 4.69) is 25.6 Å². The summed E-state index contributed by atoms with van der Waals surface area (Å²) in [5.41, 5.74) is 8.48. The van der Waals surface area contributed by atoms with Crippen molar-refractivity contribution in [2.45, 2.75) is 31.7 Å². The minimum Gasteiger partial charge on any atom is -0.383 e. The van der Waals surface area contributed by atoms with E-state index >= 15 is 0 Å². The summed E-state index contributed by atoms with van der Waals surface area (Å²) in [6, 6.07) is 9.36. The Hall–Kier alpha value is -3.69. The van der Waals surface area contributed by atoms with Crippen LogP contribution in [0.4, 0.5) is 22.0 Å². The van der Waals surface area contributed by atoms with Crippen LogP contribution < -0.4 is 16.4 Å². The van der Waals surface area contributed by atoms with E-state index in [9.17, 15) is 9.59 Å². The van der Waals surface area contributed by atoms with Crippen molar-refractivity contribution in [1.82, 2.24) is 19.5 Å². The van der Waals surface area contributed by atoms with Gasteiger partial charge >= 0.3 is 6.03 Å². The summed E-state index contributed by atoms with van der Waals surface area (Å²) in [6.07, 6.45) is 7.60. The number of anilines is 3. The van der Waals surface area contributed by atoms with Crippen molar-refractivity contribution >= 4 is 63.2 Å². The van der Waals surface area contributed by atoms with Crippen molar-refractivity contribution < 1.29 is 9.59 Å². The molecule has 1 saturated carbocycles. The predicted molar refractivity (Wildman–Crippen MR) is 136 cm³/mol. The van der Waals surface area contributed by atoms with Crippen molar-refractivity contribution in [2.75, 3.05) is 16.4 Å². The van der Waals surface area contributed by atoms with Gasteiger partial charge in [-0.25, -0.2) is 19.7 Å². The van der Waals surface area contributed by atoms with E-state index in [1.807, 2.05) is 10.8 Å². The van der Waals surface area contributed by atoms with Crippen LogP contribution in [0.15, 0.2) is 48.9 Å². The van der Waals surface area contributed by atoms with Crippen LogP contribution in [0.1, 0.15) is 47.6 Å². The molecule has 178 valence electrons. The Balaban J connectivity index is 1.41. The number of halogens is 2. The number of carbonyl (C=O) groups excluding carboxylic acids is 2. The van der Waals surface area contributed by atoms with Gasteiger partial charge in [0.05, 0.1) is 10.9 Å². The molecule has 1 aliphatic carbocycles. The number of carbonyl (C=O) groups is 2. The van der Waals surface area contributed by atoms with Crippen LogP contribution in [-0.2, 0) is 0 Å². The maximum absolute atomic E-state index is 13.6. The molecule has 3 aromatic heterocycles. The van der Waals surface area contributed by atoms with Gasteiger partial charge in [-0.1, -0.05) is 48.2 Å². The first-order valence-corrected chi connectivity index (χ1v) is 11.8. The molecule has 5 rings (SSSR count).